The van der Waals surface area contributed by atoms with Gasteiger partial charge < -0.3 is 35.0 Å². The summed E-state index contributed by atoms with van der Waals surface area (Å²) in [6.45, 7) is 8.59. The zero-order valence-corrected chi connectivity index (χ0v) is 17.0. The Hall–Kier alpha value is -1.75. The van der Waals surface area contributed by atoms with Gasteiger partial charge in [0.1, 0.15) is 5.41 Å². The van der Waals surface area contributed by atoms with E-state index in [-0.39, 0.29) is 25.9 Å². The second-order valence-corrected chi connectivity index (χ2v) is 6.00. The van der Waals surface area contributed by atoms with Gasteiger partial charge in [-0.25, -0.2) is 4.79 Å². The molecule has 0 fully saturated rings. The van der Waals surface area contributed by atoms with Crippen LogP contribution in [0.3, 0.4) is 0 Å². The van der Waals surface area contributed by atoms with Crippen LogP contribution < -0.4 is 0 Å². The number of aliphatic carboxylic acids is 3. The van der Waals surface area contributed by atoms with Gasteiger partial charge in [0.2, 0.25) is 0 Å². The summed E-state index contributed by atoms with van der Waals surface area (Å²) >= 11 is 0. The second-order valence-electron chi connectivity index (χ2n) is 6.00. The Kier molecular flexibility index (Phi) is 14.5. The lowest BCUT2D eigenvalue weighted by atomic mass is 9.61. The normalized spacial score (nSPS) is 14.4. The highest BCUT2D eigenvalue weighted by Gasteiger charge is 2.64. The van der Waals surface area contributed by atoms with E-state index in [9.17, 15) is 29.7 Å². The Bertz CT molecular complexity index is 469. The van der Waals surface area contributed by atoms with Crippen molar-refractivity contribution in [3.05, 3.63) is 0 Å². The summed E-state index contributed by atoms with van der Waals surface area (Å²) in [6.07, 6.45) is -0.565. The average molecular weight is 410 g/mol. The molecule has 28 heavy (non-hydrogen) atoms. The standard InChI is InChI=1S/C12H20O7.C6H14O3/c1-4-7(8(13)14)12(19,10(17)18)11(5-2,6-3)9(15)16;1-2-8-5-6-9-4-3-7/h7,19H,4-6H2,1-3H3,(H,13,14)(H,15,16)(H,17,18);7H,2-6H2,1H3. The summed E-state index contributed by atoms with van der Waals surface area (Å²) in [5.41, 5.74) is -4.90. The maximum atomic E-state index is 11.5. The minimum Gasteiger partial charge on any atom is -0.481 e. The Morgan fingerprint density at radius 2 is 1.36 bits per heavy atom. The first-order chi connectivity index (χ1) is 13.1. The summed E-state index contributed by atoms with van der Waals surface area (Å²) in [7, 11) is 0. The first-order valence-corrected chi connectivity index (χ1v) is 9.25. The number of ether oxygens (including phenoxy) is 2. The smallest absolute Gasteiger partial charge is 0.337 e. The van der Waals surface area contributed by atoms with Gasteiger partial charge >= 0.3 is 17.9 Å². The Morgan fingerprint density at radius 3 is 1.64 bits per heavy atom. The molecular weight excluding hydrogens is 376 g/mol. The van der Waals surface area contributed by atoms with Gasteiger partial charge in [-0.15, -0.1) is 0 Å². The van der Waals surface area contributed by atoms with Gasteiger partial charge in [0.15, 0.2) is 5.60 Å². The topological polar surface area (TPSA) is 171 Å². The van der Waals surface area contributed by atoms with E-state index in [1.807, 2.05) is 6.92 Å². The number of aliphatic hydroxyl groups is 2. The molecule has 166 valence electrons. The van der Waals surface area contributed by atoms with Crippen molar-refractivity contribution in [1.29, 1.82) is 0 Å². The molecule has 0 spiro atoms. The van der Waals surface area contributed by atoms with Crippen LogP contribution in [-0.2, 0) is 23.9 Å². The molecular formula is C18H34O10. The van der Waals surface area contributed by atoms with E-state index in [1.165, 1.54) is 20.8 Å². The lowest BCUT2D eigenvalue weighted by molar-refractivity contribution is -0.205. The van der Waals surface area contributed by atoms with Gasteiger partial charge in [-0.05, 0) is 26.2 Å². The molecule has 0 heterocycles. The lowest BCUT2D eigenvalue weighted by Gasteiger charge is -2.43. The summed E-state index contributed by atoms with van der Waals surface area (Å²) in [4.78, 5) is 34.0. The SMILES string of the molecule is CCC(C(=O)O)C(O)(C(=O)O)C(CC)(CC)C(=O)O.CCOCCOCCO. The molecule has 2 atom stereocenters. The highest BCUT2D eigenvalue weighted by molar-refractivity contribution is 5.93. The number of aliphatic hydroxyl groups excluding tert-OH is 1. The van der Waals surface area contributed by atoms with Crippen LogP contribution in [0.4, 0.5) is 0 Å². The molecule has 0 bridgehead atoms. The van der Waals surface area contributed by atoms with Crippen LogP contribution in [0.1, 0.15) is 47.0 Å². The zero-order valence-electron chi connectivity index (χ0n) is 17.0. The fourth-order valence-corrected chi connectivity index (χ4v) is 3.02. The van der Waals surface area contributed by atoms with Gasteiger partial charge in [-0.3, -0.25) is 9.59 Å². The van der Waals surface area contributed by atoms with Crippen molar-refractivity contribution in [2.24, 2.45) is 11.3 Å². The molecule has 5 N–H and O–H groups in total. The number of rotatable bonds is 14. The molecule has 0 aliphatic carbocycles. The van der Waals surface area contributed by atoms with E-state index in [4.69, 9.17) is 19.7 Å². The Morgan fingerprint density at radius 1 is 0.857 bits per heavy atom. The van der Waals surface area contributed by atoms with Gasteiger partial charge in [-0.2, -0.15) is 0 Å². The van der Waals surface area contributed by atoms with Crippen LogP contribution in [-0.4, -0.2) is 82.1 Å². The molecule has 10 nitrogen and oxygen atoms in total. The molecule has 10 heteroatoms. The quantitative estimate of drug-likeness (QED) is 0.258. The molecule has 0 aromatic rings. The Balaban J connectivity index is 0. The maximum Gasteiger partial charge on any atom is 0.337 e. The molecule has 0 saturated heterocycles. The number of carbonyl (C=O) groups is 3. The zero-order chi connectivity index (χ0) is 22.4. The van der Waals surface area contributed by atoms with Crippen LogP contribution in [0.15, 0.2) is 0 Å². The predicted molar refractivity (Wildman–Crippen MR) is 99.1 cm³/mol. The molecule has 2 unspecified atom stereocenters. The van der Waals surface area contributed by atoms with E-state index in [2.05, 4.69) is 0 Å². The first-order valence-electron chi connectivity index (χ1n) is 9.25. The molecule has 0 aromatic carbocycles. The largest absolute Gasteiger partial charge is 0.481 e. The number of hydrogen-bond donors (Lipinski definition) is 5. The summed E-state index contributed by atoms with van der Waals surface area (Å²) in [5, 5.41) is 46.3. The molecule has 0 rings (SSSR count). The highest BCUT2D eigenvalue weighted by Crippen LogP contribution is 2.45. The average Bonchev–Trinajstić information content (AvgIpc) is 2.63. The predicted octanol–water partition coefficient (Wildman–Crippen LogP) is 0.836. The monoisotopic (exact) mass is 410 g/mol. The van der Waals surface area contributed by atoms with Gasteiger partial charge in [0, 0.05) is 6.61 Å². The van der Waals surface area contributed by atoms with Crippen LogP contribution in [0.2, 0.25) is 0 Å². The molecule has 0 amide bonds. The molecule has 0 aliphatic heterocycles. The fraction of sp³-hybridized carbons (Fsp3) is 0.833. The summed E-state index contributed by atoms with van der Waals surface area (Å²) in [5.74, 6) is -6.56. The fourth-order valence-electron chi connectivity index (χ4n) is 3.02. The summed E-state index contributed by atoms with van der Waals surface area (Å²) in [6, 6.07) is 0. The van der Waals surface area contributed by atoms with Crippen molar-refractivity contribution >= 4 is 17.9 Å². The first kappa shape index (κ1) is 28.5. The number of carboxylic acids is 3. The third-order valence-electron chi connectivity index (χ3n) is 4.69. The van der Waals surface area contributed by atoms with Crippen molar-refractivity contribution < 1.29 is 49.4 Å². The van der Waals surface area contributed by atoms with Gasteiger partial charge in [0.25, 0.3) is 0 Å². The number of hydrogen-bond acceptors (Lipinski definition) is 7. The van der Waals surface area contributed by atoms with Crippen LogP contribution in [0.25, 0.3) is 0 Å². The van der Waals surface area contributed by atoms with Crippen molar-refractivity contribution in [3.63, 3.8) is 0 Å². The second kappa shape index (κ2) is 14.3. The van der Waals surface area contributed by atoms with E-state index in [0.717, 1.165) is 6.61 Å². The third kappa shape index (κ3) is 7.01. The van der Waals surface area contributed by atoms with Gasteiger partial charge in [-0.1, -0.05) is 20.8 Å². The van der Waals surface area contributed by atoms with E-state index in [0.29, 0.717) is 19.8 Å². The molecule has 0 aromatic heterocycles. The third-order valence-corrected chi connectivity index (χ3v) is 4.69. The van der Waals surface area contributed by atoms with Crippen LogP contribution in [0.5, 0.6) is 0 Å². The maximum absolute atomic E-state index is 11.5. The van der Waals surface area contributed by atoms with Crippen molar-refractivity contribution in [2.45, 2.75) is 52.6 Å². The molecule has 0 radical (unpaired) electrons. The Labute approximate surface area is 165 Å². The van der Waals surface area contributed by atoms with Crippen molar-refractivity contribution in [3.8, 4) is 0 Å². The van der Waals surface area contributed by atoms with Crippen LogP contribution >= 0.6 is 0 Å². The molecule has 0 saturated carbocycles. The lowest BCUT2D eigenvalue weighted by Crippen LogP contribution is -2.63. The van der Waals surface area contributed by atoms with E-state index < -0.39 is 34.8 Å². The van der Waals surface area contributed by atoms with Crippen LogP contribution in [0, 0.1) is 11.3 Å². The van der Waals surface area contributed by atoms with Crippen molar-refractivity contribution in [1.82, 2.24) is 0 Å². The van der Waals surface area contributed by atoms with Gasteiger partial charge in [0.05, 0.1) is 32.3 Å². The molecule has 0 aliphatic rings. The minimum atomic E-state index is -2.86. The van der Waals surface area contributed by atoms with E-state index in [1.54, 1.807) is 0 Å². The number of carboxylic acid groups (broad SMARTS) is 3. The highest BCUT2D eigenvalue weighted by atomic mass is 16.5. The minimum absolute atomic E-state index is 0.0894. The van der Waals surface area contributed by atoms with Crippen molar-refractivity contribution in [2.75, 3.05) is 33.0 Å². The summed E-state index contributed by atoms with van der Waals surface area (Å²) < 4.78 is 9.88. The van der Waals surface area contributed by atoms with E-state index >= 15 is 0 Å².